The van der Waals surface area contributed by atoms with E-state index in [0.717, 1.165) is 38.2 Å². The number of primary amides is 1. The Bertz CT molecular complexity index is 768. The lowest BCUT2D eigenvalue weighted by Gasteiger charge is -2.22. The van der Waals surface area contributed by atoms with Crippen molar-refractivity contribution in [2.45, 2.75) is 25.3 Å². The number of ether oxygens (including phenoxy) is 1. The van der Waals surface area contributed by atoms with E-state index >= 15 is 0 Å². The molecule has 0 spiro atoms. The van der Waals surface area contributed by atoms with E-state index in [2.05, 4.69) is 32.3 Å². The highest BCUT2D eigenvalue weighted by molar-refractivity contribution is 5.97. The molecule has 2 aromatic rings. The second-order valence-corrected chi connectivity index (χ2v) is 6.00. The fourth-order valence-corrected chi connectivity index (χ4v) is 2.73. The first-order chi connectivity index (χ1) is 12.7. The largest absolute Gasteiger partial charge is 0.381 e. The minimum atomic E-state index is -0.579. The number of nitrogens with zero attached hydrogens (tertiary/aromatic N) is 4. The van der Waals surface area contributed by atoms with Crippen molar-refractivity contribution in [1.82, 2.24) is 19.7 Å². The van der Waals surface area contributed by atoms with Crippen LogP contribution in [0.3, 0.4) is 0 Å². The van der Waals surface area contributed by atoms with Gasteiger partial charge in [0.2, 0.25) is 5.95 Å². The lowest BCUT2D eigenvalue weighted by molar-refractivity contribution is 0.0662. The molecule has 3 heterocycles. The van der Waals surface area contributed by atoms with Crippen LogP contribution in [-0.4, -0.2) is 45.4 Å². The Kier molecular flexibility index (Phi) is 5.80. The fourth-order valence-electron chi connectivity index (χ4n) is 2.73. The molecule has 0 unspecified atom stereocenters. The average Bonchev–Trinajstić information content (AvgIpc) is 3.11. The maximum atomic E-state index is 11.5. The monoisotopic (exact) mass is 357 g/mol. The molecule has 3 rings (SSSR count). The predicted molar refractivity (Wildman–Crippen MR) is 98.5 cm³/mol. The second kappa shape index (κ2) is 8.43. The van der Waals surface area contributed by atoms with Crippen LogP contribution in [0.5, 0.6) is 0 Å². The minimum Gasteiger partial charge on any atom is -0.381 e. The molecular weight excluding hydrogens is 334 g/mol. The second-order valence-electron chi connectivity index (χ2n) is 6.00. The van der Waals surface area contributed by atoms with Crippen molar-refractivity contribution in [2.75, 3.05) is 30.4 Å². The van der Waals surface area contributed by atoms with Crippen LogP contribution in [0.2, 0.25) is 0 Å². The highest BCUT2D eigenvalue weighted by atomic mass is 16.5. The van der Waals surface area contributed by atoms with Gasteiger partial charge in [0.25, 0.3) is 5.91 Å². The molecule has 1 aliphatic heterocycles. The van der Waals surface area contributed by atoms with Crippen LogP contribution >= 0.6 is 0 Å². The van der Waals surface area contributed by atoms with Gasteiger partial charge >= 0.3 is 0 Å². The van der Waals surface area contributed by atoms with E-state index in [1.807, 2.05) is 10.9 Å². The smallest absolute Gasteiger partial charge is 0.254 e. The molecule has 4 N–H and O–H groups in total. The quantitative estimate of drug-likeness (QED) is 0.487. The maximum Gasteiger partial charge on any atom is 0.254 e. The Morgan fingerprint density at radius 2 is 2.23 bits per heavy atom. The number of anilines is 3. The molecule has 9 heteroatoms. The van der Waals surface area contributed by atoms with Gasteiger partial charge in [0, 0.05) is 32.2 Å². The van der Waals surface area contributed by atoms with E-state index in [1.165, 1.54) is 6.20 Å². The summed E-state index contributed by atoms with van der Waals surface area (Å²) in [4.78, 5) is 20.1. The molecule has 1 amide bonds. The lowest BCUT2D eigenvalue weighted by Crippen LogP contribution is -2.19. The van der Waals surface area contributed by atoms with E-state index in [9.17, 15) is 4.79 Å². The molecule has 138 valence electrons. The lowest BCUT2D eigenvalue weighted by atomic mass is 10.1. The number of nitrogens with one attached hydrogen (secondary N) is 2. The van der Waals surface area contributed by atoms with Gasteiger partial charge in [0.15, 0.2) is 0 Å². The van der Waals surface area contributed by atoms with Crippen LogP contribution in [0.25, 0.3) is 0 Å². The normalized spacial score (nSPS) is 14.8. The van der Waals surface area contributed by atoms with Gasteiger partial charge in [-0.1, -0.05) is 6.08 Å². The average molecular weight is 357 g/mol. The third-order valence-corrected chi connectivity index (χ3v) is 4.12. The number of nitrogens with two attached hydrogens (primary N) is 1. The third-order valence-electron chi connectivity index (χ3n) is 4.12. The molecular formula is C17H23N7O2. The first-order valence-electron chi connectivity index (χ1n) is 8.58. The molecule has 2 aromatic heterocycles. The predicted octanol–water partition coefficient (Wildman–Crippen LogP) is 1.86. The fraction of sp³-hybridized carbons (Fsp3) is 0.412. The maximum absolute atomic E-state index is 11.5. The van der Waals surface area contributed by atoms with Crippen LogP contribution in [0.4, 0.5) is 17.5 Å². The highest BCUT2D eigenvalue weighted by Gasteiger charge is 2.17. The summed E-state index contributed by atoms with van der Waals surface area (Å²) >= 11 is 0. The number of carbonyl (C=O) groups excluding carboxylic acids is 1. The summed E-state index contributed by atoms with van der Waals surface area (Å²) in [6.07, 6.45) is 9.48. The first kappa shape index (κ1) is 17.9. The zero-order valence-electron chi connectivity index (χ0n) is 14.5. The van der Waals surface area contributed by atoms with Crippen LogP contribution < -0.4 is 16.4 Å². The molecule has 0 aliphatic carbocycles. The third kappa shape index (κ3) is 4.37. The molecule has 1 saturated heterocycles. The van der Waals surface area contributed by atoms with Gasteiger partial charge in [-0.05, 0) is 19.3 Å². The summed E-state index contributed by atoms with van der Waals surface area (Å²) in [6.45, 7) is 5.78. The molecule has 1 aliphatic rings. The topological polar surface area (TPSA) is 120 Å². The van der Waals surface area contributed by atoms with Crippen LogP contribution in [0.15, 0.2) is 31.2 Å². The van der Waals surface area contributed by atoms with Crippen molar-refractivity contribution < 1.29 is 9.53 Å². The van der Waals surface area contributed by atoms with E-state index in [0.29, 0.717) is 24.4 Å². The molecule has 1 fully saturated rings. The van der Waals surface area contributed by atoms with E-state index < -0.39 is 5.91 Å². The summed E-state index contributed by atoms with van der Waals surface area (Å²) in [5.74, 6) is 0.182. The van der Waals surface area contributed by atoms with Crippen molar-refractivity contribution >= 4 is 23.4 Å². The van der Waals surface area contributed by atoms with Gasteiger partial charge in [-0.3, -0.25) is 9.48 Å². The summed E-state index contributed by atoms with van der Waals surface area (Å²) < 4.78 is 7.32. The van der Waals surface area contributed by atoms with Crippen molar-refractivity contribution in [3.63, 3.8) is 0 Å². The Balaban J connectivity index is 1.72. The van der Waals surface area contributed by atoms with E-state index in [4.69, 9.17) is 10.5 Å². The molecule has 9 nitrogen and oxygen atoms in total. The zero-order valence-corrected chi connectivity index (χ0v) is 14.5. The standard InChI is InChI=1S/C17H23N7O2/c1-2-3-6-19-16-14(15(18)25)10-20-17(23-16)22-12-9-21-24(11-12)13-4-7-26-8-5-13/h2,9-11,13H,1,3-8H2,(H2,18,25)(H2,19,20,22,23). The van der Waals surface area contributed by atoms with Gasteiger partial charge in [-0.15, -0.1) is 6.58 Å². The van der Waals surface area contributed by atoms with E-state index in [-0.39, 0.29) is 5.56 Å². The van der Waals surface area contributed by atoms with Gasteiger partial charge in [0.05, 0.1) is 23.5 Å². The number of amides is 1. The molecule has 0 aromatic carbocycles. The van der Waals surface area contributed by atoms with Crippen molar-refractivity contribution in [2.24, 2.45) is 5.73 Å². The van der Waals surface area contributed by atoms with Crippen LogP contribution in [0.1, 0.15) is 35.7 Å². The number of hydrogen-bond acceptors (Lipinski definition) is 7. The first-order valence-corrected chi connectivity index (χ1v) is 8.58. The Morgan fingerprint density at radius 3 is 2.96 bits per heavy atom. The Labute approximate surface area is 151 Å². The molecule has 0 bridgehead atoms. The summed E-state index contributed by atoms with van der Waals surface area (Å²) in [5.41, 5.74) is 6.41. The number of hydrogen-bond donors (Lipinski definition) is 3. The summed E-state index contributed by atoms with van der Waals surface area (Å²) in [6, 6.07) is 0.341. The Morgan fingerprint density at radius 1 is 1.42 bits per heavy atom. The van der Waals surface area contributed by atoms with Gasteiger partial charge < -0.3 is 21.1 Å². The Hall–Kier alpha value is -2.94. The van der Waals surface area contributed by atoms with Gasteiger partial charge in [-0.2, -0.15) is 10.1 Å². The van der Waals surface area contributed by atoms with Crippen molar-refractivity contribution in [3.8, 4) is 0 Å². The van der Waals surface area contributed by atoms with Gasteiger partial charge in [0.1, 0.15) is 5.82 Å². The minimum absolute atomic E-state index is 0.248. The zero-order chi connectivity index (χ0) is 18.4. The molecule has 26 heavy (non-hydrogen) atoms. The molecule has 0 radical (unpaired) electrons. The number of aromatic nitrogens is 4. The van der Waals surface area contributed by atoms with Gasteiger partial charge in [-0.25, -0.2) is 4.98 Å². The van der Waals surface area contributed by atoms with Crippen LogP contribution in [0, 0.1) is 0 Å². The van der Waals surface area contributed by atoms with E-state index in [1.54, 1.807) is 12.3 Å². The highest BCUT2D eigenvalue weighted by Crippen LogP contribution is 2.23. The van der Waals surface area contributed by atoms with Crippen molar-refractivity contribution in [3.05, 3.63) is 36.8 Å². The SMILES string of the molecule is C=CCCNc1nc(Nc2cnn(C3CCOCC3)c2)ncc1C(N)=O. The van der Waals surface area contributed by atoms with Crippen molar-refractivity contribution in [1.29, 1.82) is 0 Å². The number of carbonyl (C=O) groups is 1. The molecule has 0 saturated carbocycles. The molecule has 0 atom stereocenters. The summed E-state index contributed by atoms with van der Waals surface area (Å²) in [5, 5.41) is 10.6. The van der Waals surface area contributed by atoms with Crippen LogP contribution in [-0.2, 0) is 4.74 Å². The summed E-state index contributed by atoms with van der Waals surface area (Å²) in [7, 11) is 0. The number of rotatable bonds is 8.